The number of hydrogen-bond donors (Lipinski definition) is 0. The quantitative estimate of drug-likeness (QED) is 0.469. The molecule has 0 aromatic heterocycles. The van der Waals surface area contributed by atoms with Crippen molar-refractivity contribution < 1.29 is 9.72 Å². The number of non-ortho nitro benzene ring substituents is 1. The zero-order valence-corrected chi connectivity index (χ0v) is 10.6. The standard InChI is InChI=1S/C12H9N3O3S/c16-11-10(13-12-14(11)4-5-19-12)7-8-2-1-3-9(6-8)15(17)18/h1-3,6-7H,4-5H2/b10-7-. The van der Waals surface area contributed by atoms with Crippen molar-refractivity contribution in [3.63, 3.8) is 0 Å². The molecular weight excluding hydrogens is 266 g/mol. The van der Waals surface area contributed by atoms with Crippen LogP contribution in [0.3, 0.4) is 0 Å². The van der Waals surface area contributed by atoms with Gasteiger partial charge in [-0.15, -0.1) is 0 Å². The predicted molar refractivity (Wildman–Crippen MR) is 72.7 cm³/mol. The van der Waals surface area contributed by atoms with E-state index in [0.717, 1.165) is 10.9 Å². The number of nitro benzene ring substituents is 1. The molecule has 2 aliphatic rings. The summed E-state index contributed by atoms with van der Waals surface area (Å²) in [4.78, 5) is 28.1. The number of nitro groups is 1. The van der Waals surface area contributed by atoms with Crippen molar-refractivity contribution >= 4 is 34.6 Å². The third-order valence-electron chi connectivity index (χ3n) is 2.84. The highest BCUT2D eigenvalue weighted by Crippen LogP contribution is 2.28. The largest absolute Gasteiger partial charge is 0.285 e. The Kier molecular flexibility index (Phi) is 2.83. The van der Waals surface area contributed by atoms with Crippen molar-refractivity contribution in [3.8, 4) is 0 Å². The molecule has 3 rings (SSSR count). The molecule has 0 spiro atoms. The van der Waals surface area contributed by atoms with E-state index in [-0.39, 0.29) is 11.6 Å². The first-order valence-corrected chi connectivity index (χ1v) is 6.63. The normalized spacial score (nSPS) is 19.8. The smallest absolute Gasteiger partial charge is 0.278 e. The van der Waals surface area contributed by atoms with Crippen LogP contribution in [-0.4, -0.2) is 33.2 Å². The lowest BCUT2D eigenvalue weighted by Crippen LogP contribution is -2.26. The van der Waals surface area contributed by atoms with Crippen LogP contribution < -0.4 is 0 Å². The monoisotopic (exact) mass is 275 g/mol. The molecule has 1 amide bonds. The minimum absolute atomic E-state index is 0.00215. The summed E-state index contributed by atoms with van der Waals surface area (Å²) >= 11 is 1.55. The summed E-state index contributed by atoms with van der Waals surface area (Å²) in [5.74, 6) is 0.737. The lowest BCUT2D eigenvalue weighted by molar-refractivity contribution is -0.384. The number of rotatable bonds is 2. The molecular formula is C12H9N3O3S. The maximum atomic E-state index is 12.0. The Bertz CT molecular complexity index is 639. The molecule has 0 N–H and O–H groups in total. The average Bonchev–Trinajstić information content (AvgIpc) is 2.95. The van der Waals surface area contributed by atoms with E-state index in [2.05, 4.69) is 4.99 Å². The van der Waals surface area contributed by atoms with Crippen molar-refractivity contribution in [2.24, 2.45) is 4.99 Å². The van der Waals surface area contributed by atoms with Gasteiger partial charge in [0.05, 0.1) is 4.92 Å². The zero-order valence-electron chi connectivity index (χ0n) is 9.78. The van der Waals surface area contributed by atoms with Crippen LogP contribution in [0.5, 0.6) is 0 Å². The van der Waals surface area contributed by atoms with Crippen LogP contribution in [0.15, 0.2) is 35.0 Å². The van der Waals surface area contributed by atoms with E-state index >= 15 is 0 Å². The van der Waals surface area contributed by atoms with Crippen molar-refractivity contribution in [3.05, 3.63) is 45.6 Å². The first-order chi connectivity index (χ1) is 9.15. The van der Waals surface area contributed by atoms with E-state index in [9.17, 15) is 14.9 Å². The summed E-state index contributed by atoms with van der Waals surface area (Å²) in [5, 5.41) is 11.4. The van der Waals surface area contributed by atoms with Crippen LogP contribution in [0.2, 0.25) is 0 Å². The topological polar surface area (TPSA) is 75.8 Å². The predicted octanol–water partition coefficient (Wildman–Crippen LogP) is 1.88. The molecule has 1 aromatic carbocycles. The minimum Gasteiger partial charge on any atom is -0.285 e. The van der Waals surface area contributed by atoms with E-state index in [0.29, 0.717) is 17.8 Å². The first kappa shape index (κ1) is 11.9. The molecule has 0 bridgehead atoms. The molecule has 0 saturated carbocycles. The molecule has 1 aromatic rings. The van der Waals surface area contributed by atoms with Crippen LogP contribution in [0.1, 0.15) is 5.56 Å². The van der Waals surface area contributed by atoms with Crippen molar-refractivity contribution in [1.29, 1.82) is 0 Å². The highest BCUT2D eigenvalue weighted by molar-refractivity contribution is 8.14. The average molecular weight is 275 g/mol. The van der Waals surface area contributed by atoms with Gasteiger partial charge in [-0.3, -0.25) is 19.8 Å². The fourth-order valence-electron chi connectivity index (χ4n) is 1.95. The summed E-state index contributed by atoms with van der Waals surface area (Å²) < 4.78 is 0. The maximum absolute atomic E-state index is 12.0. The van der Waals surface area contributed by atoms with Crippen molar-refractivity contribution in [2.45, 2.75) is 0 Å². The molecule has 1 fully saturated rings. The Labute approximate surface area is 113 Å². The maximum Gasteiger partial charge on any atom is 0.278 e. The van der Waals surface area contributed by atoms with Crippen LogP contribution in [0.4, 0.5) is 5.69 Å². The lowest BCUT2D eigenvalue weighted by atomic mass is 10.1. The molecule has 0 radical (unpaired) electrons. The van der Waals surface area contributed by atoms with Gasteiger partial charge in [0.15, 0.2) is 5.17 Å². The summed E-state index contributed by atoms with van der Waals surface area (Å²) in [7, 11) is 0. The molecule has 2 heterocycles. The van der Waals surface area contributed by atoms with Gasteiger partial charge < -0.3 is 0 Å². The molecule has 2 aliphatic heterocycles. The van der Waals surface area contributed by atoms with Gasteiger partial charge in [-0.05, 0) is 11.6 Å². The number of hydrogen-bond acceptors (Lipinski definition) is 5. The summed E-state index contributed by atoms with van der Waals surface area (Å²) in [6, 6.07) is 6.15. The van der Waals surface area contributed by atoms with Gasteiger partial charge in [0.2, 0.25) is 0 Å². The van der Waals surface area contributed by atoms with E-state index in [1.165, 1.54) is 12.1 Å². The number of benzene rings is 1. The fourth-order valence-corrected chi connectivity index (χ4v) is 2.90. The molecule has 6 nitrogen and oxygen atoms in total. The third kappa shape index (κ3) is 2.12. The number of amidine groups is 1. The molecule has 19 heavy (non-hydrogen) atoms. The zero-order chi connectivity index (χ0) is 13.4. The first-order valence-electron chi connectivity index (χ1n) is 5.65. The highest BCUT2D eigenvalue weighted by Gasteiger charge is 2.34. The molecule has 0 aliphatic carbocycles. The van der Waals surface area contributed by atoms with Gasteiger partial charge in [0, 0.05) is 24.4 Å². The fraction of sp³-hybridized carbons (Fsp3) is 0.167. The molecule has 0 unspecified atom stereocenters. The van der Waals surface area contributed by atoms with E-state index in [1.54, 1.807) is 34.9 Å². The van der Waals surface area contributed by atoms with Crippen molar-refractivity contribution in [2.75, 3.05) is 12.3 Å². The van der Waals surface area contributed by atoms with E-state index < -0.39 is 4.92 Å². The number of thioether (sulfide) groups is 1. The number of nitrogens with zero attached hydrogens (tertiary/aromatic N) is 3. The summed E-state index contributed by atoms with van der Waals surface area (Å²) in [6.07, 6.45) is 1.58. The molecule has 7 heteroatoms. The van der Waals surface area contributed by atoms with Crippen LogP contribution in [-0.2, 0) is 4.79 Å². The molecule has 96 valence electrons. The second-order valence-corrected chi connectivity index (χ2v) is 5.14. The Balaban J connectivity index is 1.94. The van der Waals surface area contributed by atoms with Crippen LogP contribution >= 0.6 is 11.8 Å². The van der Waals surface area contributed by atoms with E-state index in [1.807, 2.05) is 0 Å². The highest BCUT2D eigenvalue weighted by atomic mass is 32.2. The van der Waals surface area contributed by atoms with Gasteiger partial charge >= 0.3 is 0 Å². The Morgan fingerprint density at radius 3 is 3.05 bits per heavy atom. The Hall–Kier alpha value is -2.15. The van der Waals surface area contributed by atoms with E-state index in [4.69, 9.17) is 0 Å². The summed E-state index contributed by atoms with van der Waals surface area (Å²) in [6.45, 7) is 0.675. The van der Waals surface area contributed by atoms with Crippen LogP contribution in [0.25, 0.3) is 6.08 Å². The lowest BCUT2D eigenvalue weighted by Gasteiger charge is -2.05. The molecule has 0 atom stereocenters. The third-order valence-corrected chi connectivity index (χ3v) is 3.80. The summed E-state index contributed by atoms with van der Waals surface area (Å²) in [5.41, 5.74) is 0.943. The second-order valence-electron chi connectivity index (χ2n) is 4.08. The minimum atomic E-state index is -0.460. The number of fused-ring (bicyclic) bond motifs is 1. The van der Waals surface area contributed by atoms with Gasteiger partial charge in [-0.1, -0.05) is 23.9 Å². The van der Waals surface area contributed by atoms with Gasteiger partial charge in [0.1, 0.15) is 5.70 Å². The van der Waals surface area contributed by atoms with Gasteiger partial charge in [-0.25, -0.2) is 4.99 Å². The van der Waals surface area contributed by atoms with Crippen LogP contribution in [0, 0.1) is 10.1 Å². The number of amides is 1. The van der Waals surface area contributed by atoms with Crippen molar-refractivity contribution in [1.82, 2.24) is 4.90 Å². The van der Waals surface area contributed by atoms with Gasteiger partial charge in [0.25, 0.3) is 11.6 Å². The number of carbonyl (C=O) groups excluding carboxylic acids is 1. The molecule has 1 saturated heterocycles. The Morgan fingerprint density at radius 2 is 2.32 bits per heavy atom. The Morgan fingerprint density at radius 1 is 1.47 bits per heavy atom. The van der Waals surface area contributed by atoms with Gasteiger partial charge in [-0.2, -0.15) is 0 Å². The number of aliphatic imine (C=N–C) groups is 1. The SMILES string of the molecule is O=C1/C(=C/c2cccc([N+](=O)[O-])c2)N=C2SCCN12. The second kappa shape index (κ2) is 4.51. The number of carbonyl (C=O) groups is 1.